The third-order valence-electron chi connectivity index (χ3n) is 2.82. The van der Waals surface area contributed by atoms with Crippen LogP contribution < -0.4 is 9.46 Å². The highest BCUT2D eigenvalue weighted by Crippen LogP contribution is 2.33. The fourth-order valence-corrected chi connectivity index (χ4v) is 2.47. The molecule has 0 saturated heterocycles. The summed E-state index contributed by atoms with van der Waals surface area (Å²) in [7, 11) is -3.32. The summed E-state index contributed by atoms with van der Waals surface area (Å²) in [5.41, 5.74) is 1.67. The van der Waals surface area contributed by atoms with Gasteiger partial charge in [0.05, 0.1) is 5.69 Å². The van der Waals surface area contributed by atoms with E-state index in [9.17, 15) is 8.42 Å². The maximum absolute atomic E-state index is 11.3. The van der Waals surface area contributed by atoms with Crippen molar-refractivity contribution >= 4 is 15.7 Å². The molecule has 0 bridgehead atoms. The summed E-state index contributed by atoms with van der Waals surface area (Å²) in [6.45, 7) is 4.21. The number of nitrogens with one attached hydrogen (secondary N) is 1. The molecule has 1 unspecified atom stereocenters. The lowest BCUT2D eigenvalue weighted by molar-refractivity contribution is 0.374. The molecule has 1 aliphatic heterocycles. The molecule has 0 saturated carbocycles. The van der Waals surface area contributed by atoms with Crippen LogP contribution in [0.5, 0.6) is 5.75 Å². The minimum absolute atomic E-state index is 0.303. The van der Waals surface area contributed by atoms with E-state index in [2.05, 4.69) is 18.6 Å². The van der Waals surface area contributed by atoms with E-state index in [1.54, 1.807) is 0 Å². The minimum Gasteiger partial charge on any atom is -0.474 e. The number of hydrogen-bond acceptors (Lipinski definition) is 3. The van der Waals surface area contributed by atoms with E-state index in [1.165, 1.54) is 0 Å². The number of anilines is 1. The Morgan fingerprint density at radius 1 is 1.50 bits per heavy atom. The Kier molecular flexibility index (Phi) is 2.80. The fraction of sp³-hybridized carbons (Fsp3) is 0.455. The van der Waals surface area contributed by atoms with Gasteiger partial charge < -0.3 is 4.74 Å². The second kappa shape index (κ2) is 3.97. The summed E-state index contributed by atoms with van der Waals surface area (Å²) in [5, 5.41) is 0. The van der Waals surface area contributed by atoms with Crippen molar-refractivity contribution < 1.29 is 13.2 Å². The topological polar surface area (TPSA) is 55.4 Å². The van der Waals surface area contributed by atoms with Crippen LogP contribution >= 0.6 is 0 Å². The minimum atomic E-state index is -3.32. The molecule has 4 nitrogen and oxygen atoms in total. The zero-order valence-corrected chi connectivity index (χ0v) is 10.2. The van der Waals surface area contributed by atoms with E-state index in [-0.39, 0.29) is 5.94 Å². The highest BCUT2D eigenvalue weighted by Gasteiger charge is 2.21. The smallest absolute Gasteiger partial charge is 0.268 e. The number of benzene rings is 1. The Morgan fingerprint density at radius 3 is 2.94 bits per heavy atom. The summed E-state index contributed by atoms with van der Waals surface area (Å²) in [6.07, 6.45) is 1.02. The normalized spacial score (nSPS) is 19.1. The SMILES string of the molecule is CCC(C)c1ccc2c(c1)NS(=O)(=O)CO2. The lowest BCUT2D eigenvalue weighted by Crippen LogP contribution is -2.25. The van der Waals surface area contributed by atoms with Crippen LogP contribution in [0, 0.1) is 0 Å². The van der Waals surface area contributed by atoms with Crippen molar-refractivity contribution in [3.8, 4) is 5.75 Å². The molecule has 0 aromatic heterocycles. The summed E-state index contributed by atoms with van der Waals surface area (Å²) >= 11 is 0. The Labute approximate surface area is 95.7 Å². The number of sulfonamides is 1. The molecule has 0 fully saturated rings. The van der Waals surface area contributed by atoms with Gasteiger partial charge in [-0.1, -0.05) is 19.9 Å². The van der Waals surface area contributed by atoms with Gasteiger partial charge in [0.15, 0.2) is 0 Å². The average Bonchev–Trinajstić information content (AvgIpc) is 2.25. The Morgan fingerprint density at radius 2 is 2.25 bits per heavy atom. The first kappa shape index (κ1) is 11.3. The maximum Gasteiger partial charge on any atom is 0.268 e. The Bertz CT molecular complexity index is 496. The molecule has 1 aromatic rings. The van der Waals surface area contributed by atoms with Crippen molar-refractivity contribution in [2.45, 2.75) is 26.2 Å². The van der Waals surface area contributed by atoms with Crippen LogP contribution in [0.2, 0.25) is 0 Å². The zero-order valence-electron chi connectivity index (χ0n) is 9.36. The third-order valence-corrected chi connectivity index (χ3v) is 3.78. The average molecular weight is 241 g/mol. The van der Waals surface area contributed by atoms with Crippen LogP contribution in [-0.2, 0) is 10.0 Å². The van der Waals surface area contributed by atoms with Crippen molar-refractivity contribution in [2.75, 3.05) is 10.7 Å². The first-order valence-corrected chi connectivity index (χ1v) is 6.94. The highest BCUT2D eigenvalue weighted by atomic mass is 32.2. The molecular weight excluding hydrogens is 226 g/mol. The van der Waals surface area contributed by atoms with Crippen molar-refractivity contribution in [2.24, 2.45) is 0 Å². The number of ether oxygens (including phenoxy) is 1. The van der Waals surface area contributed by atoms with Gasteiger partial charge in [0.25, 0.3) is 10.0 Å². The summed E-state index contributed by atoms with van der Waals surface area (Å²) in [6, 6.07) is 5.64. The first-order valence-electron chi connectivity index (χ1n) is 5.29. The first-order chi connectivity index (χ1) is 7.52. The molecule has 16 heavy (non-hydrogen) atoms. The van der Waals surface area contributed by atoms with Crippen LogP contribution in [0.1, 0.15) is 31.7 Å². The van der Waals surface area contributed by atoms with Gasteiger partial charge in [-0.05, 0) is 30.0 Å². The summed E-state index contributed by atoms with van der Waals surface area (Å²) < 4.78 is 30.3. The molecule has 1 atom stereocenters. The summed E-state index contributed by atoms with van der Waals surface area (Å²) in [4.78, 5) is 0. The molecule has 0 amide bonds. The molecule has 5 heteroatoms. The van der Waals surface area contributed by atoms with E-state index in [0.29, 0.717) is 17.4 Å². The van der Waals surface area contributed by atoms with Crippen molar-refractivity contribution in [3.05, 3.63) is 23.8 Å². The quantitative estimate of drug-likeness (QED) is 0.864. The number of rotatable bonds is 2. The van der Waals surface area contributed by atoms with Gasteiger partial charge in [0.2, 0.25) is 5.94 Å². The van der Waals surface area contributed by atoms with E-state index in [4.69, 9.17) is 4.74 Å². The second-order valence-electron chi connectivity index (χ2n) is 4.04. The second-order valence-corrected chi connectivity index (χ2v) is 5.71. The van der Waals surface area contributed by atoms with E-state index >= 15 is 0 Å². The van der Waals surface area contributed by atoms with Gasteiger partial charge in [0.1, 0.15) is 5.75 Å². The molecule has 88 valence electrons. The van der Waals surface area contributed by atoms with Gasteiger partial charge in [-0.2, -0.15) is 0 Å². The standard InChI is InChI=1S/C11H15NO3S/c1-3-8(2)9-4-5-11-10(6-9)12-16(13,14)7-15-11/h4-6,8,12H,3,7H2,1-2H3. The van der Waals surface area contributed by atoms with Gasteiger partial charge in [-0.25, -0.2) is 8.42 Å². The molecule has 1 N–H and O–H groups in total. The largest absolute Gasteiger partial charge is 0.474 e. The van der Waals surface area contributed by atoms with Crippen LogP contribution in [0.25, 0.3) is 0 Å². The molecular formula is C11H15NO3S. The molecule has 1 aliphatic rings. The monoisotopic (exact) mass is 241 g/mol. The van der Waals surface area contributed by atoms with Gasteiger partial charge >= 0.3 is 0 Å². The van der Waals surface area contributed by atoms with Gasteiger partial charge in [0, 0.05) is 0 Å². The molecule has 1 heterocycles. The molecule has 1 aromatic carbocycles. The number of fused-ring (bicyclic) bond motifs is 1. The molecule has 0 aliphatic carbocycles. The third kappa shape index (κ3) is 2.14. The lowest BCUT2D eigenvalue weighted by atomic mass is 9.98. The van der Waals surface area contributed by atoms with Crippen molar-refractivity contribution in [1.29, 1.82) is 0 Å². The van der Waals surface area contributed by atoms with Gasteiger partial charge in [-0.15, -0.1) is 0 Å². The van der Waals surface area contributed by atoms with E-state index in [0.717, 1.165) is 12.0 Å². The van der Waals surface area contributed by atoms with Crippen LogP contribution in [-0.4, -0.2) is 14.4 Å². The Balaban J connectivity index is 2.38. The molecule has 0 radical (unpaired) electrons. The predicted molar refractivity (Wildman–Crippen MR) is 63.2 cm³/mol. The van der Waals surface area contributed by atoms with Gasteiger partial charge in [-0.3, -0.25) is 4.72 Å². The van der Waals surface area contributed by atoms with Crippen LogP contribution in [0.4, 0.5) is 5.69 Å². The van der Waals surface area contributed by atoms with Crippen molar-refractivity contribution in [1.82, 2.24) is 0 Å². The maximum atomic E-state index is 11.3. The van der Waals surface area contributed by atoms with Crippen LogP contribution in [0.3, 0.4) is 0 Å². The fourth-order valence-electron chi connectivity index (χ4n) is 1.63. The lowest BCUT2D eigenvalue weighted by Gasteiger charge is -2.21. The Hall–Kier alpha value is -1.23. The van der Waals surface area contributed by atoms with E-state index in [1.807, 2.05) is 18.2 Å². The zero-order chi connectivity index (χ0) is 11.8. The predicted octanol–water partition coefficient (Wildman–Crippen LogP) is 2.29. The number of hydrogen-bond donors (Lipinski definition) is 1. The highest BCUT2D eigenvalue weighted by molar-refractivity contribution is 7.92. The van der Waals surface area contributed by atoms with Crippen LogP contribution in [0.15, 0.2) is 18.2 Å². The van der Waals surface area contributed by atoms with Crippen molar-refractivity contribution in [3.63, 3.8) is 0 Å². The molecule has 0 spiro atoms. The molecule has 2 rings (SSSR count). The summed E-state index contributed by atoms with van der Waals surface area (Å²) in [5.74, 6) is 0.710. The van der Waals surface area contributed by atoms with E-state index < -0.39 is 10.0 Å².